The number of likely N-dealkylation sites (N-methyl/N-ethyl adjacent to an activating group) is 1. The predicted molar refractivity (Wildman–Crippen MR) is 130 cm³/mol. The van der Waals surface area contributed by atoms with Crippen LogP contribution in [0.15, 0.2) is 29.3 Å². The fourth-order valence-corrected chi connectivity index (χ4v) is 4.25. The van der Waals surface area contributed by atoms with Crippen molar-refractivity contribution in [3.63, 3.8) is 0 Å². The first-order valence-electron chi connectivity index (χ1n) is 10.6. The van der Waals surface area contributed by atoms with E-state index in [2.05, 4.69) is 22.1 Å². The molecule has 1 atom stereocenters. The van der Waals surface area contributed by atoms with Crippen molar-refractivity contribution in [2.24, 2.45) is 16.5 Å². The van der Waals surface area contributed by atoms with Gasteiger partial charge >= 0.3 is 0 Å². The van der Waals surface area contributed by atoms with E-state index in [1.54, 1.807) is 11.8 Å². The minimum atomic E-state index is 0.264. The SMILES string of the molecule is CCN1CCCC(Oc2ccc(NC(=S)/N=C(\N)SCCCCCCN)cc2)C1. The van der Waals surface area contributed by atoms with Crippen LogP contribution in [-0.2, 0) is 0 Å². The molecule has 8 heteroatoms. The van der Waals surface area contributed by atoms with E-state index in [-0.39, 0.29) is 6.10 Å². The van der Waals surface area contributed by atoms with Crippen molar-refractivity contribution in [3.8, 4) is 5.75 Å². The second-order valence-corrected chi connectivity index (χ2v) is 8.73. The lowest BCUT2D eigenvalue weighted by Gasteiger charge is -2.32. The Balaban J connectivity index is 1.71. The fourth-order valence-electron chi connectivity index (χ4n) is 3.27. The Morgan fingerprint density at radius 2 is 2.03 bits per heavy atom. The van der Waals surface area contributed by atoms with Crippen LogP contribution in [0.5, 0.6) is 5.75 Å². The number of nitrogens with two attached hydrogens (primary N) is 2. The summed E-state index contributed by atoms with van der Waals surface area (Å²) in [7, 11) is 0. The monoisotopic (exact) mass is 437 g/mol. The van der Waals surface area contributed by atoms with E-state index in [4.69, 9.17) is 28.4 Å². The number of nitrogens with one attached hydrogen (secondary N) is 1. The first-order valence-corrected chi connectivity index (χ1v) is 12.0. The molecule has 0 radical (unpaired) electrons. The largest absolute Gasteiger partial charge is 0.489 e. The van der Waals surface area contributed by atoms with E-state index < -0.39 is 0 Å². The van der Waals surface area contributed by atoms with E-state index in [1.165, 1.54) is 25.8 Å². The molecular formula is C21H35N5OS2. The maximum Gasteiger partial charge on any atom is 0.199 e. The van der Waals surface area contributed by atoms with Gasteiger partial charge in [0.15, 0.2) is 10.3 Å². The fraction of sp³-hybridized carbons (Fsp3) is 0.619. The van der Waals surface area contributed by atoms with Gasteiger partial charge < -0.3 is 21.5 Å². The third-order valence-electron chi connectivity index (χ3n) is 4.88. The van der Waals surface area contributed by atoms with Crippen LogP contribution in [0.25, 0.3) is 0 Å². The number of aliphatic imine (C=N–C) groups is 1. The number of ether oxygens (including phenoxy) is 1. The smallest absolute Gasteiger partial charge is 0.199 e. The van der Waals surface area contributed by atoms with Crippen LogP contribution in [0, 0.1) is 0 Å². The zero-order chi connectivity index (χ0) is 20.9. The summed E-state index contributed by atoms with van der Waals surface area (Å²) >= 11 is 6.84. The Labute approximate surface area is 184 Å². The molecule has 0 spiro atoms. The van der Waals surface area contributed by atoms with Gasteiger partial charge in [0.2, 0.25) is 0 Å². The van der Waals surface area contributed by atoms with Crippen molar-refractivity contribution >= 4 is 39.9 Å². The molecule has 2 rings (SSSR count). The highest BCUT2D eigenvalue weighted by molar-refractivity contribution is 8.13. The van der Waals surface area contributed by atoms with Crippen LogP contribution in [0.3, 0.4) is 0 Å². The van der Waals surface area contributed by atoms with Gasteiger partial charge in [0, 0.05) is 18.0 Å². The molecule has 1 aromatic rings. The Morgan fingerprint density at radius 3 is 2.76 bits per heavy atom. The van der Waals surface area contributed by atoms with Gasteiger partial charge in [0.25, 0.3) is 0 Å². The summed E-state index contributed by atoms with van der Waals surface area (Å²) < 4.78 is 6.13. The molecule has 1 fully saturated rings. The number of likely N-dealkylation sites (tertiary alicyclic amines) is 1. The van der Waals surface area contributed by atoms with Crippen molar-refractivity contribution < 1.29 is 4.74 Å². The molecule has 1 saturated heterocycles. The number of piperidine rings is 1. The molecule has 0 aromatic heterocycles. The summed E-state index contributed by atoms with van der Waals surface area (Å²) in [6.45, 7) is 6.22. The highest BCUT2D eigenvalue weighted by Gasteiger charge is 2.19. The molecule has 29 heavy (non-hydrogen) atoms. The average molecular weight is 438 g/mol. The first kappa shape index (κ1) is 23.9. The predicted octanol–water partition coefficient (Wildman–Crippen LogP) is 3.81. The number of anilines is 1. The molecule has 0 saturated carbocycles. The van der Waals surface area contributed by atoms with Crippen molar-refractivity contribution in [1.82, 2.24) is 4.90 Å². The topological polar surface area (TPSA) is 88.9 Å². The van der Waals surface area contributed by atoms with Crippen molar-refractivity contribution in [3.05, 3.63) is 24.3 Å². The second kappa shape index (κ2) is 13.8. The number of rotatable bonds is 10. The van der Waals surface area contributed by atoms with Crippen molar-refractivity contribution in [2.45, 2.75) is 51.6 Å². The van der Waals surface area contributed by atoms with Crippen LogP contribution in [-0.4, -0.2) is 53.2 Å². The summed E-state index contributed by atoms with van der Waals surface area (Å²) in [6, 6.07) is 7.86. The normalized spacial score (nSPS) is 17.9. The number of hydrogen-bond donors (Lipinski definition) is 3. The molecule has 0 amide bonds. The van der Waals surface area contributed by atoms with Gasteiger partial charge in [0.05, 0.1) is 0 Å². The van der Waals surface area contributed by atoms with E-state index in [9.17, 15) is 0 Å². The quantitative estimate of drug-likeness (QED) is 0.222. The molecule has 0 bridgehead atoms. The van der Waals surface area contributed by atoms with Crippen LogP contribution in [0.4, 0.5) is 5.69 Å². The Hall–Kier alpha value is -1.35. The zero-order valence-electron chi connectivity index (χ0n) is 17.4. The highest BCUT2D eigenvalue weighted by atomic mass is 32.2. The zero-order valence-corrected chi connectivity index (χ0v) is 19.1. The number of benzene rings is 1. The van der Waals surface area contributed by atoms with Crippen LogP contribution < -0.4 is 21.5 Å². The third-order valence-corrected chi connectivity index (χ3v) is 5.95. The minimum Gasteiger partial charge on any atom is -0.489 e. The summed E-state index contributed by atoms with van der Waals surface area (Å²) in [5.41, 5.74) is 12.3. The van der Waals surface area contributed by atoms with Crippen molar-refractivity contribution in [2.75, 3.05) is 37.2 Å². The molecule has 162 valence electrons. The second-order valence-electron chi connectivity index (χ2n) is 7.23. The maximum absolute atomic E-state index is 6.13. The molecule has 6 nitrogen and oxygen atoms in total. The molecule has 1 unspecified atom stereocenters. The van der Waals surface area contributed by atoms with Gasteiger partial charge in [-0.1, -0.05) is 31.5 Å². The molecular weight excluding hydrogens is 402 g/mol. The lowest BCUT2D eigenvalue weighted by Crippen LogP contribution is -2.40. The number of unbranched alkanes of at least 4 members (excludes halogenated alkanes) is 3. The molecule has 5 N–H and O–H groups in total. The molecule has 0 aliphatic carbocycles. The number of amidine groups is 1. The highest BCUT2D eigenvalue weighted by Crippen LogP contribution is 2.21. The van der Waals surface area contributed by atoms with Crippen molar-refractivity contribution in [1.29, 1.82) is 0 Å². The lowest BCUT2D eigenvalue weighted by atomic mass is 10.1. The van der Waals surface area contributed by atoms with Crippen LogP contribution >= 0.6 is 24.0 Å². The number of nitrogens with zero attached hydrogens (tertiary/aromatic N) is 2. The number of hydrogen-bond acceptors (Lipinski definition) is 5. The van der Waals surface area contributed by atoms with E-state index in [0.29, 0.717) is 10.3 Å². The first-order chi connectivity index (χ1) is 14.1. The lowest BCUT2D eigenvalue weighted by molar-refractivity contribution is 0.0920. The Bertz CT molecular complexity index is 638. The summed E-state index contributed by atoms with van der Waals surface area (Å²) in [5, 5.41) is 3.98. The maximum atomic E-state index is 6.13. The summed E-state index contributed by atoms with van der Waals surface area (Å²) in [5.74, 6) is 1.84. The molecule has 1 aliphatic rings. The number of thioether (sulfide) groups is 1. The summed E-state index contributed by atoms with van der Waals surface area (Å²) in [4.78, 5) is 6.69. The van der Waals surface area contributed by atoms with Gasteiger partial charge in [-0.25, -0.2) is 0 Å². The van der Waals surface area contributed by atoms with Gasteiger partial charge in [-0.15, -0.1) is 0 Å². The van der Waals surface area contributed by atoms with Gasteiger partial charge in [-0.05, 0) is 81.8 Å². The minimum absolute atomic E-state index is 0.264. The van der Waals surface area contributed by atoms with E-state index in [1.807, 2.05) is 24.3 Å². The van der Waals surface area contributed by atoms with Crippen LogP contribution in [0.2, 0.25) is 0 Å². The van der Waals surface area contributed by atoms with E-state index >= 15 is 0 Å². The molecule has 1 heterocycles. The molecule has 1 aromatic carbocycles. The third kappa shape index (κ3) is 9.80. The van der Waals surface area contributed by atoms with Gasteiger partial charge in [-0.3, -0.25) is 4.90 Å². The average Bonchev–Trinajstić information content (AvgIpc) is 2.72. The number of thiocarbonyl (C=S) groups is 1. The van der Waals surface area contributed by atoms with E-state index in [0.717, 1.165) is 56.1 Å². The van der Waals surface area contributed by atoms with Crippen LogP contribution in [0.1, 0.15) is 45.4 Å². The standard InChI is InChI=1S/C21H35N5OS2/c1-2-26-14-7-8-19(16-26)27-18-11-9-17(10-12-18)24-21(28)25-20(23)29-15-6-4-3-5-13-22/h9-12,19H,2-8,13-16,22H2,1H3,(H3,23,24,25,28). The Kier molecular flexibility index (Phi) is 11.4. The van der Waals surface area contributed by atoms with Gasteiger partial charge in [0.1, 0.15) is 11.9 Å². The summed E-state index contributed by atoms with van der Waals surface area (Å²) in [6.07, 6.45) is 7.11. The van der Waals surface area contributed by atoms with Gasteiger partial charge in [-0.2, -0.15) is 4.99 Å². The molecule has 1 aliphatic heterocycles. The Morgan fingerprint density at radius 1 is 1.28 bits per heavy atom.